The van der Waals surface area contributed by atoms with E-state index >= 15 is 0 Å². The number of nitro benzene ring substituents is 1. The van der Waals surface area contributed by atoms with Crippen molar-refractivity contribution in [1.82, 2.24) is 0 Å². The Morgan fingerprint density at radius 3 is 2.45 bits per heavy atom. The summed E-state index contributed by atoms with van der Waals surface area (Å²) in [5, 5.41) is 13.7. The van der Waals surface area contributed by atoms with Crippen LogP contribution in [0.3, 0.4) is 0 Å². The molecule has 0 saturated carbocycles. The molecule has 20 heavy (non-hydrogen) atoms. The van der Waals surface area contributed by atoms with Crippen LogP contribution in [0.25, 0.3) is 0 Å². The summed E-state index contributed by atoms with van der Waals surface area (Å²) in [4.78, 5) is 10.3. The zero-order valence-electron chi connectivity index (χ0n) is 10.1. The number of halogens is 3. The van der Waals surface area contributed by atoms with Crippen LogP contribution in [0.4, 0.5) is 20.2 Å². The molecule has 0 spiro atoms. The zero-order valence-corrected chi connectivity index (χ0v) is 10.8. The Morgan fingerprint density at radius 1 is 1.20 bits per heavy atom. The minimum Gasteiger partial charge on any atom is -0.375 e. The Bertz CT molecular complexity index is 645. The van der Waals surface area contributed by atoms with Gasteiger partial charge in [-0.15, -0.1) is 0 Å². The molecule has 0 aromatic heterocycles. The SMILES string of the molecule is O=[N+]([O-])c1cc(Cl)ccc1NCc1c(F)cccc1F. The summed E-state index contributed by atoms with van der Waals surface area (Å²) in [5.41, 5.74) is -0.298. The van der Waals surface area contributed by atoms with Gasteiger partial charge in [0.05, 0.1) is 4.92 Å². The van der Waals surface area contributed by atoms with Gasteiger partial charge in [-0.3, -0.25) is 10.1 Å². The van der Waals surface area contributed by atoms with Crippen LogP contribution in [-0.4, -0.2) is 4.92 Å². The average Bonchev–Trinajstić information content (AvgIpc) is 2.39. The maximum atomic E-state index is 13.4. The molecule has 0 aliphatic rings. The summed E-state index contributed by atoms with van der Waals surface area (Å²) in [7, 11) is 0. The molecule has 0 fully saturated rings. The lowest BCUT2D eigenvalue weighted by molar-refractivity contribution is -0.383. The summed E-state index contributed by atoms with van der Waals surface area (Å²) in [6, 6.07) is 7.50. The Balaban J connectivity index is 2.25. The van der Waals surface area contributed by atoms with Crippen molar-refractivity contribution >= 4 is 23.0 Å². The van der Waals surface area contributed by atoms with Crippen molar-refractivity contribution in [2.45, 2.75) is 6.54 Å². The van der Waals surface area contributed by atoms with Gasteiger partial charge in [0.1, 0.15) is 17.3 Å². The van der Waals surface area contributed by atoms with E-state index in [1.165, 1.54) is 24.3 Å². The molecule has 104 valence electrons. The van der Waals surface area contributed by atoms with Crippen molar-refractivity contribution in [3.8, 4) is 0 Å². The van der Waals surface area contributed by atoms with Crippen LogP contribution in [0, 0.1) is 21.7 Å². The maximum absolute atomic E-state index is 13.4. The minimum absolute atomic E-state index is 0.141. The van der Waals surface area contributed by atoms with Gasteiger partial charge in [-0.2, -0.15) is 0 Å². The van der Waals surface area contributed by atoms with Gasteiger partial charge in [0.2, 0.25) is 0 Å². The van der Waals surface area contributed by atoms with E-state index in [2.05, 4.69) is 5.32 Å². The van der Waals surface area contributed by atoms with Crippen LogP contribution in [0.5, 0.6) is 0 Å². The first-order valence-corrected chi connectivity index (χ1v) is 5.97. The molecule has 0 aliphatic heterocycles. The summed E-state index contributed by atoms with van der Waals surface area (Å²) >= 11 is 5.68. The molecule has 0 radical (unpaired) electrons. The van der Waals surface area contributed by atoms with E-state index < -0.39 is 16.6 Å². The lowest BCUT2D eigenvalue weighted by Gasteiger charge is -2.09. The van der Waals surface area contributed by atoms with E-state index in [9.17, 15) is 18.9 Å². The van der Waals surface area contributed by atoms with Crippen molar-refractivity contribution in [2.75, 3.05) is 5.32 Å². The number of anilines is 1. The first-order chi connectivity index (χ1) is 9.49. The molecule has 2 aromatic rings. The maximum Gasteiger partial charge on any atom is 0.293 e. The molecule has 7 heteroatoms. The van der Waals surface area contributed by atoms with Crippen molar-refractivity contribution in [3.63, 3.8) is 0 Å². The highest BCUT2D eigenvalue weighted by Crippen LogP contribution is 2.28. The number of nitrogens with zero attached hydrogens (tertiary/aromatic N) is 1. The van der Waals surface area contributed by atoms with Crippen LogP contribution < -0.4 is 5.32 Å². The van der Waals surface area contributed by atoms with E-state index in [1.807, 2.05) is 0 Å². The second kappa shape index (κ2) is 5.83. The van der Waals surface area contributed by atoms with Gasteiger partial charge in [0.25, 0.3) is 5.69 Å². The van der Waals surface area contributed by atoms with Crippen LogP contribution in [0.1, 0.15) is 5.56 Å². The summed E-state index contributed by atoms with van der Waals surface area (Å²) in [6.45, 7) is -0.207. The predicted octanol–water partition coefficient (Wildman–Crippen LogP) is 4.14. The normalized spacial score (nSPS) is 10.3. The fourth-order valence-electron chi connectivity index (χ4n) is 1.69. The lowest BCUT2D eigenvalue weighted by atomic mass is 10.2. The third-order valence-corrected chi connectivity index (χ3v) is 2.91. The topological polar surface area (TPSA) is 55.2 Å². The number of hydrogen-bond acceptors (Lipinski definition) is 3. The summed E-state index contributed by atoms with van der Waals surface area (Å²) in [6.07, 6.45) is 0. The number of rotatable bonds is 4. The quantitative estimate of drug-likeness (QED) is 0.682. The largest absolute Gasteiger partial charge is 0.375 e. The van der Waals surface area contributed by atoms with Gasteiger partial charge >= 0.3 is 0 Å². The molecular formula is C13H9ClF2N2O2. The molecule has 1 N–H and O–H groups in total. The van der Waals surface area contributed by atoms with Crippen molar-refractivity contribution in [2.24, 2.45) is 0 Å². The second-order valence-electron chi connectivity index (χ2n) is 3.97. The first kappa shape index (κ1) is 14.2. The number of benzene rings is 2. The average molecular weight is 299 g/mol. The van der Waals surface area contributed by atoms with Gasteiger partial charge in [-0.25, -0.2) is 8.78 Å². The molecule has 0 heterocycles. The molecule has 0 atom stereocenters. The van der Waals surface area contributed by atoms with Crippen LogP contribution in [-0.2, 0) is 6.54 Å². The van der Waals surface area contributed by atoms with E-state index in [0.717, 1.165) is 12.1 Å². The molecule has 2 aromatic carbocycles. The number of nitrogens with one attached hydrogen (secondary N) is 1. The van der Waals surface area contributed by atoms with Crippen molar-refractivity contribution in [1.29, 1.82) is 0 Å². The predicted molar refractivity (Wildman–Crippen MR) is 71.8 cm³/mol. The van der Waals surface area contributed by atoms with Gasteiger partial charge in [-0.05, 0) is 24.3 Å². The van der Waals surface area contributed by atoms with Crippen molar-refractivity contribution in [3.05, 3.63) is 68.7 Å². The summed E-state index contributed by atoms with van der Waals surface area (Å²) in [5.74, 6) is -1.43. The Hall–Kier alpha value is -2.21. The van der Waals surface area contributed by atoms with Crippen molar-refractivity contribution < 1.29 is 13.7 Å². The highest BCUT2D eigenvalue weighted by Gasteiger charge is 2.15. The molecule has 4 nitrogen and oxygen atoms in total. The molecule has 0 aliphatic carbocycles. The number of nitro groups is 1. The first-order valence-electron chi connectivity index (χ1n) is 5.59. The second-order valence-corrected chi connectivity index (χ2v) is 4.41. The standard InChI is InChI=1S/C13H9ClF2N2O2/c14-8-4-5-12(13(6-8)18(19)20)17-7-9-10(15)2-1-3-11(9)16/h1-6,17H,7H2. The molecule has 0 bridgehead atoms. The third kappa shape index (κ3) is 3.03. The molecular weight excluding hydrogens is 290 g/mol. The number of hydrogen-bond donors (Lipinski definition) is 1. The summed E-state index contributed by atoms with van der Waals surface area (Å²) < 4.78 is 26.9. The monoisotopic (exact) mass is 298 g/mol. The van der Waals surface area contributed by atoms with E-state index in [4.69, 9.17) is 11.6 Å². The molecule has 2 rings (SSSR count). The highest BCUT2D eigenvalue weighted by atomic mass is 35.5. The van der Waals surface area contributed by atoms with E-state index in [1.54, 1.807) is 0 Å². The van der Waals surface area contributed by atoms with E-state index in [-0.39, 0.29) is 28.5 Å². The zero-order chi connectivity index (χ0) is 14.7. The van der Waals surface area contributed by atoms with E-state index in [0.29, 0.717) is 0 Å². The third-order valence-electron chi connectivity index (χ3n) is 2.67. The Morgan fingerprint density at radius 2 is 1.85 bits per heavy atom. The fourth-order valence-corrected chi connectivity index (χ4v) is 1.86. The fraction of sp³-hybridized carbons (Fsp3) is 0.0769. The molecule has 0 amide bonds. The van der Waals surface area contributed by atoms with Crippen LogP contribution >= 0.6 is 11.6 Å². The van der Waals surface area contributed by atoms with Gasteiger partial charge in [0.15, 0.2) is 0 Å². The smallest absolute Gasteiger partial charge is 0.293 e. The van der Waals surface area contributed by atoms with Gasteiger partial charge in [-0.1, -0.05) is 17.7 Å². The minimum atomic E-state index is -0.714. The van der Waals surface area contributed by atoms with Crippen LogP contribution in [0.15, 0.2) is 36.4 Å². The Labute approximate surface area is 118 Å². The van der Waals surface area contributed by atoms with Gasteiger partial charge < -0.3 is 5.32 Å². The molecule has 0 unspecified atom stereocenters. The van der Waals surface area contributed by atoms with Crippen LogP contribution in [0.2, 0.25) is 5.02 Å². The molecule has 0 saturated heterocycles. The van der Waals surface area contributed by atoms with Gasteiger partial charge in [0, 0.05) is 23.2 Å². The lowest BCUT2D eigenvalue weighted by Crippen LogP contribution is -2.06. The Kier molecular flexibility index (Phi) is 4.14. The highest BCUT2D eigenvalue weighted by molar-refractivity contribution is 6.30.